The van der Waals surface area contributed by atoms with E-state index in [0.717, 1.165) is 17.6 Å². The highest BCUT2D eigenvalue weighted by Gasteiger charge is 2.14. The molecule has 0 saturated carbocycles. The van der Waals surface area contributed by atoms with Gasteiger partial charge in [-0.3, -0.25) is 4.79 Å². The number of phenols is 4. The second kappa shape index (κ2) is 7.08. The number of carbonyl (C=O) groups excluding carboxylic acids is 1. The van der Waals surface area contributed by atoms with E-state index in [-0.39, 0.29) is 17.9 Å². The number of phenolic OH excluding ortho intramolecular Hbond substituents is 4. The van der Waals surface area contributed by atoms with Gasteiger partial charge in [-0.25, -0.2) is 4.98 Å². The van der Waals surface area contributed by atoms with Crippen LogP contribution in [-0.4, -0.2) is 36.3 Å². The number of aromatic amines is 1. The van der Waals surface area contributed by atoms with Crippen LogP contribution in [0.2, 0.25) is 0 Å². The standard InChI is InChI=1S/C21H17N3O5/c25-17-4-2-1-3-13(17)14-5-6-15-16(24-14)9-12(23-15)10-22-21(29)11-7-18(26)20(28)19(27)8-11/h1-9,23,25-28H,10H2,(H,22,29). The summed E-state index contributed by atoms with van der Waals surface area (Å²) in [5, 5.41) is 41.1. The van der Waals surface area contributed by atoms with Crippen molar-refractivity contribution in [1.29, 1.82) is 0 Å². The average molecular weight is 391 g/mol. The Morgan fingerprint density at radius 2 is 1.66 bits per heavy atom. The molecule has 0 aliphatic rings. The third-order valence-corrected chi connectivity index (χ3v) is 4.48. The van der Waals surface area contributed by atoms with Crippen molar-refractivity contribution < 1.29 is 25.2 Å². The number of fused-ring (bicyclic) bond motifs is 1. The van der Waals surface area contributed by atoms with E-state index in [1.807, 2.05) is 12.1 Å². The van der Waals surface area contributed by atoms with Gasteiger partial charge in [-0.05, 0) is 42.5 Å². The third-order valence-electron chi connectivity index (χ3n) is 4.48. The van der Waals surface area contributed by atoms with Crippen molar-refractivity contribution in [3.8, 4) is 34.3 Å². The van der Waals surface area contributed by atoms with Gasteiger partial charge in [0.1, 0.15) is 5.75 Å². The first kappa shape index (κ1) is 18.2. The van der Waals surface area contributed by atoms with E-state index in [1.165, 1.54) is 0 Å². The highest BCUT2D eigenvalue weighted by molar-refractivity contribution is 5.95. The van der Waals surface area contributed by atoms with Gasteiger partial charge in [-0.15, -0.1) is 0 Å². The van der Waals surface area contributed by atoms with Crippen LogP contribution in [0.25, 0.3) is 22.3 Å². The van der Waals surface area contributed by atoms with Gasteiger partial charge < -0.3 is 30.7 Å². The van der Waals surface area contributed by atoms with Gasteiger partial charge in [0.05, 0.1) is 23.3 Å². The van der Waals surface area contributed by atoms with Crippen LogP contribution >= 0.6 is 0 Å². The van der Waals surface area contributed by atoms with Gasteiger partial charge in [-0.2, -0.15) is 0 Å². The Morgan fingerprint density at radius 3 is 2.38 bits per heavy atom. The smallest absolute Gasteiger partial charge is 0.251 e. The van der Waals surface area contributed by atoms with Crippen LogP contribution in [-0.2, 0) is 6.54 Å². The number of rotatable bonds is 4. The zero-order chi connectivity index (χ0) is 20.5. The number of hydrogen-bond donors (Lipinski definition) is 6. The predicted molar refractivity (Wildman–Crippen MR) is 106 cm³/mol. The molecule has 8 nitrogen and oxygen atoms in total. The van der Waals surface area contributed by atoms with Crippen molar-refractivity contribution in [2.24, 2.45) is 0 Å². The number of benzene rings is 2. The first-order chi connectivity index (χ1) is 13.9. The van der Waals surface area contributed by atoms with Gasteiger partial charge >= 0.3 is 0 Å². The van der Waals surface area contributed by atoms with E-state index in [2.05, 4.69) is 15.3 Å². The molecule has 0 bridgehead atoms. The second-order valence-electron chi connectivity index (χ2n) is 6.49. The zero-order valence-electron chi connectivity index (χ0n) is 15.0. The Morgan fingerprint density at radius 1 is 0.931 bits per heavy atom. The van der Waals surface area contributed by atoms with Gasteiger partial charge in [0.15, 0.2) is 17.2 Å². The molecule has 0 spiro atoms. The molecule has 2 heterocycles. The van der Waals surface area contributed by atoms with Crippen LogP contribution in [0, 0.1) is 0 Å². The minimum absolute atomic E-state index is 0.00822. The topological polar surface area (TPSA) is 139 Å². The molecule has 0 atom stereocenters. The lowest BCUT2D eigenvalue weighted by atomic mass is 10.1. The third kappa shape index (κ3) is 3.51. The summed E-state index contributed by atoms with van der Waals surface area (Å²) in [5.41, 5.74) is 3.40. The molecule has 0 radical (unpaired) electrons. The molecule has 29 heavy (non-hydrogen) atoms. The molecule has 8 heteroatoms. The minimum atomic E-state index is -0.677. The Labute approximate surface area is 164 Å². The van der Waals surface area contributed by atoms with E-state index < -0.39 is 23.2 Å². The van der Waals surface area contributed by atoms with Crippen molar-refractivity contribution in [3.63, 3.8) is 0 Å². The lowest BCUT2D eigenvalue weighted by Gasteiger charge is -2.06. The van der Waals surface area contributed by atoms with Crippen LogP contribution in [0.15, 0.2) is 54.6 Å². The summed E-state index contributed by atoms with van der Waals surface area (Å²) in [6.45, 7) is 0.156. The van der Waals surface area contributed by atoms with E-state index in [4.69, 9.17) is 0 Å². The maximum atomic E-state index is 12.3. The van der Waals surface area contributed by atoms with Crippen molar-refractivity contribution in [3.05, 3.63) is 65.9 Å². The van der Waals surface area contributed by atoms with Gasteiger partial charge in [0.2, 0.25) is 0 Å². The zero-order valence-corrected chi connectivity index (χ0v) is 15.0. The quantitative estimate of drug-likeness (QED) is 0.296. The summed E-state index contributed by atoms with van der Waals surface area (Å²) in [4.78, 5) is 19.9. The minimum Gasteiger partial charge on any atom is -0.507 e. The number of hydrogen-bond acceptors (Lipinski definition) is 6. The summed E-state index contributed by atoms with van der Waals surface area (Å²) in [7, 11) is 0. The molecule has 1 amide bonds. The van der Waals surface area contributed by atoms with Crippen molar-refractivity contribution in [1.82, 2.24) is 15.3 Å². The molecule has 6 N–H and O–H groups in total. The highest BCUT2D eigenvalue weighted by Crippen LogP contribution is 2.35. The average Bonchev–Trinajstić information content (AvgIpc) is 3.12. The molecular formula is C21H17N3O5. The van der Waals surface area contributed by atoms with Gasteiger partial charge in [-0.1, -0.05) is 12.1 Å². The lowest BCUT2D eigenvalue weighted by Crippen LogP contribution is -2.22. The first-order valence-corrected chi connectivity index (χ1v) is 8.72. The molecule has 2 aromatic carbocycles. The summed E-state index contributed by atoms with van der Waals surface area (Å²) in [5.74, 6) is -2.23. The van der Waals surface area contributed by atoms with E-state index >= 15 is 0 Å². The largest absolute Gasteiger partial charge is 0.507 e. The molecule has 0 saturated heterocycles. The number of carbonyl (C=O) groups is 1. The normalized spacial score (nSPS) is 10.9. The van der Waals surface area contributed by atoms with E-state index in [1.54, 1.807) is 30.3 Å². The van der Waals surface area contributed by atoms with E-state index in [0.29, 0.717) is 22.5 Å². The summed E-state index contributed by atoms with van der Waals surface area (Å²) < 4.78 is 0. The van der Waals surface area contributed by atoms with Gasteiger partial charge in [0.25, 0.3) is 5.91 Å². The monoisotopic (exact) mass is 391 g/mol. The Balaban J connectivity index is 1.53. The number of aromatic nitrogens is 2. The number of pyridine rings is 1. The molecule has 0 fully saturated rings. The Hall–Kier alpha value is -4.20. The summed E-state index contributed by atoms with van der Waals surface area (Å²) in [6.07, 6.45) is 0. The number of aromatic hydroxyl groups is 4. The van der Waals surface area contributed by atoms with Crippen molar-refractivity contribution in [2.75, 3.05) is 0 Å². The Bertz CT molecular complexity index is 1210. The fraction of sp³-hybridized carbons (Fsp3) is 0.0476. The van der Waals surface area contributed by atoms with Crippen LogP contribution in [0.4, 0.5) is 0 Å². The maximum Gasteiger partial charge on any atom is 0.251 e. The number of nitrogens with one attached hydrogen (secondary N) is 2. The number of para-hydroxylation sites is 1. The fourth-order valence-corrected chi connectivity index (χ4v) is 3.01. The molecule has 4 aromatic rings. The van der Waals surface area contributed by atoms with Crippen LogP contribution in [0.3, 0.4) is 0 Å². The van der Waals surface area contributed by atoms with Gasteiger partial charge in [0, 0.05) is 16.8 Å². The summed E-state index contributed by atoms with van der Waals surface area (Å²) in [6, 6.07) is 14.5. The molecule has 0 unspecified atom stereocenters. The molecule has 4 rings (SSSR count). The predicted octanol–water partition coefficient (Wildman–Crippen LogP) is 2.98. The molecular weight excluding hydrogens is 374 g/mol. The SMILES string of the molecule is O=C(NCc1cc2nc(-c3ccccc3O)ccc2[nH]1)c1cc(O)c(O)c(O)c1. The lowest BCUT2D eigenvalue weighted by molar-refractivity contribution is 0.0949. The van der Waals surface area contributed by atoms with Crippen molar-refractivity contribution in [2.45, 2.75) is 6.54 Å². The van der Waals surface area contributed by atoms with Crippen LogP contribution < -0.4 is 5.32 Å². The molecule has 146 valence electrons. The van der Waals surface area contributed by atoms with E-state index in [9.17, 15) is 25.2 Å². The highest BCUT2D eigenvalue weighted by atomic mass is 16.3. The van der Waals surface area contributed by atoms with Crippen LogP contribution in [0.1, 0.15) is 16.1 Å². The van der Waals surface area contributed by atoms with Crippen LogP contribution in [0.5, 0.6) is 23.0 Å². The number of nitrogens with zero attached hydrogens (tertiary/aromatic N) is 1. The fourth-order valence-electron chi connectivity index (χ4n) is 3.01. The molecule has 2 aromatic heterocycles. The second-order valence-corrected chi connectivity index (χ2v) is 6.49. The maximum absolute atomic E-state index is 12.3. The Kier molecular flexibility index (Phi) is 4.44. The first-order valence-electron chi connectivity index (χ1n) is 8.72. The number of amides is 1. The molecule has 0 aliphatic carbocycles. The number of H-pyrrole nitrogens is 1. The molecule has 0 aliphatic heterocycles. The van der Waals surface area contributed by atoms with Crippen molar-refractivity contribution >= 4 is 16.9 Å². The summed E-state index contributed by atoms with van der Waals surface area (Å²) >= 11 is 0.